The molecule has 1 aliphatic heterocycles. The van der Waals surface area contributed by atoms with Crippen LogP contribution in [0.1, 0.15) is 18.5 Å². The Labute approximate surface area is 143 Å². The number of rotatable bonds is 5. The summed E-state index contributed by atoms with van der Waals surface area (Å²) in [5.74, 6) is 0.111. The Morgan fingerprint density at radius 1 is 1.08 bits per heavy atom. The fraction of sp³-hybridized carbons (Fsp3) is 0.533. The summed E-state index contributed by atoms with van der Waals surface area (Å²) in [5, 5.41) is 7.44. The molecule has 0 aromatic carbocycles. The van der Waals surface area contributed by atoms with Gasteiger partial charge in [-0.25, -0.2) is 4.79 Å². The summed E-state index contributed by atoms with van der Waals surface area (Å²) in [5.41, 5.74) is -0.316. The van der Waals surface area contributed by atoms with Gasteiger partial charge in [-0.2, -0.15) is 0 Å². The average Bonchev–Trinajstić information content (AvgIpc) is 2.97. The molecule has 1 saturated heterocycles. The van der Waals surface area contributed by atoms with E-state index in [1.807, 2.05) is 4.90 Å². The highest BCUT2D eigenvalue weighted by atomic mass is 16.2. The molecule has 0 spiro atoms. The molecular formula is C15H21N7O3. The summed E-state index contributed by atoms with van der Waals surface area (Å²) in [7, 11) is 0. The second-order valence-corrected chi connectivity index (χ2v) is 6.07. The summed E-state index contributed by atoms with van der Waals surface area (Å²) in [4.78, 5) is 43.9. The zero-order valence-corrected chi connectivity index (χ0v) is 13.8. The van der Waals surface area contributed by atoms with Crippen molar-refractivity contribution in [1.29, 1.82) is 0 Å². The van der Waals surface area contributed by atoms with Gasteiger partial charge in [0, 0.05) is 57.4 Å². The molecule has 10 heteroatoms. The van der Waals surface area contributed by atoms with Gasteiger partial charge in [0.05, 0.1) is 0 Å². The third kappa shape index (κ3) is 4.86. The largest absolute Gasteiger partial charge is 0.341 e. The van der Waals surface area contributed by atoms with Gasteiger partial charge in [-0.1, -0.05) is 0 Å². The molecule has 1 aliphatic rings. The van der Waals surface area contributed by atoms with Crippen molar-refractivity contribution < 1.29 is 4.79 Å². The monoisotopic (exact) mass is 347 g/mol. The molecule has 0 radical (unpaired) electrons. The van der Waals surface area contributed by atoms with E-state index in [9.17, 15) is 14.4 Å². The SMILES string of the molecule is O=C(CCn1cnnc1)N1CCCN(Cc2cc(=O)[nH]c(=O)[nH]2)CC1. The average molecular weight is 347 g/mol. The van der Waals surface area contributed by atoms with Crippen LogP contribution in [0.5, 0.6) is 0 Å². The number of nitrogens with one attached hydrogen (secondary N) is 2. The summed E-state index contributed by atoms with van der Waals surface area (Å²) >= 11 is 0. The molecule has 3 rings (SSSR count). The molecule has 2 N–H and O–H groups in total. The number of amides is 1. The normalized spacial score (nSPS) is 15.9. The standard InChI is InChI=1S/C15H21N7O3/c23-13-8-12(18-15(25)19-13)9-20-3-1-4-22(7-6-20)14(24)2-5-21-10-16-17-11-21/h8,10-11H,1-7,9H2,(H2,18,19,23,25). The van der Waals surface area contributed by atoms with Gasteiger partial charge in [-0.15, -0.1) is 10.2 Å². The number of nitrogens with zero attached hydrogens (tertiary/aromatic N) is 5. The maximum atomic E-state index is 12.4. The van der Waals surface area contributed by atoms with Crippen LogP contribution in [0.25, 0.3) is 0 Å². The molecule has 2 aromatic rings. The Morgan fingerprint density at radius 3 is 2.64 bits per heavy atom. The molecule has 0 saturated carbocycles. The highest BCUT2D eigenvalue weighted by Crippen LogP contribution is 2.08. The maximum Gasteiger partial charge on any atom is 0.325 e. The molecule has 2 aromatic heterocycles. The Morgan fingerprint density at radius 2 is 1.88 bits per heavy atom. The number of hydrogen-bond donors (Lipinski definition) is 2. The third-order valence-corrected chi connectivity index (χ3v) is 4.20. The molecule has 10 nitrogen and oxygen atoms in total. The minimum absolute atomic E-state index is 0.111. The fourth-order valence-corrected chi connectivity index (χ4v) is 2.94. The van der Waals surface area contributed by atoms with Crippen LogP contribution in [0.3, 0.4) is 0 Å². The molecular weight excluding hydrogens is 326 g/mol. The predicted molar refractivity (Wildman–Crippen MR) is 88.8 cm³/mol. The first-order chi connectivity index (χ1) is 12.1. The molecule has 0 bridgehead atoms. The van der Waals surface area contributed by atoms with Crippen molar-refractivity contribution in [2.45, 2.75) is 25.9 Å². The Kier molecular flexibility index (Phi) is 5.39. The van der Waals surface area contributed by atoms with Crippen molar-refractivity contribution in [3.8, 4) is 0 Å². The van der Waals surface area contributed by atoms with Gasteiger partial charge in [0.1, 0.15) is 12.7 Å². The third-order valence-electron chi connectivity index (χ3n) is 4.20. The molecule has 25 heavy (non-hydrogen) atoms. The number of aryl methyl sites for hydroxylation is 1. The van der Waals surface area contributed by atoms with E-state index in [0.29, 0.717) is 44.8 Å². The molecule has 3 heterocycles. The number of aromatic nitrogens is 5. The number of carbonyl (C=O) groups excluding carboxylic acids is 1. The fourth-order valence-electron chi connectivity index (χ4n) is 2.94. The number of carbonyl (C=O) groups is 1. The Hall–Kier alpha value is -2.75. The van der Waals surface area contributed by atoms with Crippen molar-refractivity contribution >= 4 is 5.91 Å². The van der Waals surface area contributed by atoms with E-state index in [4.69, 9.17) is 0 Å². The van der Waals surface area contributed by atoms with Crippen LogP contribution in [0.15, 0.2) is 28.3 Å². The van der Waals surface area contributed by atoms with Crippen LogP contribution >= 0.6 is 0 Å². The van der Waals surface area contributed by atoms with Crippen molar-refractivity contribution in [2.75, 3.05) is 26.2 Å². The van der Waals surface area contributed by atoms with E-state index in [0.717, 1.165) is 13.0 Å². The zero-order valence-electron chi connectivity index (χ0n) is 13.8. The van der Waals surface area contributed by atoms with Crippen molar-refractivity contribution in [1.82, 2.24) is 34.5 Å². The topological polar surface area (TPSA) is 120 Å². The maximum absolute atomic E-state index is 12.4. The predicted octanol–water partition coefficient (Wildman–Crippen LogP) is -1.22. The first kappa shape index (κ1) is 17.1. The van der Waals surface area contributed by atoms with Crippen LogP contribution in [-0.2, 0) is 17.9 Å². The van der Waals surface area contributed by atoms with Crippen LogP contribution in [-0.4, -0.2) is 66.6 Å². The first-order valence-electron chi connectivity index (χ1n) is 8.25. The number of aromatic amines is 2. The van der Waals surface area contributed by atoms with Gasteiger partial charge in [0.25, 0.3) is 5.56 Å². The van der Waals surface area contributed by atoms with Gasteiger partial charge in [-0.05, 0) is 6.42 Å². The lowest BCUT2D eigenvalue weighted by Gasteiger charge is -2.22. The summed E-state index contributed by atoms with van der Waals surface area (Å²) in [6.45, 7) is 3.91. The lowest BCUT2D eigenvalue weighted by atomic mass is 10.3. The molecule has 0 aliphatic carbocycles. The second-order valence-electron chi connectivity index (χ2n) is 6.07. The first-order valence-corrected chi connectivity index (χ1v) is 8.25. The smallest absolute Gasteiger partial charge is 0.325 e. The van der Waals surface area contributed by atoms with Gasteiger partial charge in [0.2, 0.25) is 5.91 Å². The van der Waals surface area contributed by atoms with Gasteiger partial charge < -0.3 is 14.5 Å². The zero-order chi connectivity index (χ0) is 17.6. The van der Waals surface area contributed by atoms with Crippen molar-refractivity contribution in [3.05, 3.63) is 45.3 Å². The second kappa shape index (κ2) is 7.88. The van der Waals surface area contributed by atoms with Crippen LogP contribution in [0.2, 0.25) is 0 Å². The molecule has 0 atom stereocenters. The minimum Gasteiger partial charge on any atom is -0.341 e. The van der Waals surface area contributed by atoms with E-state index >= 15 is 0 Å². The van der Waals surface area contributed by atoms with Crippen LogP contribution in [0.4, 0.5) is 0 Å². The van der Waals surface area contributed by atoms with E-state index in [1.165, 1.54) is 6.07 Å². The lowest BCUT2D eigenvalue weighted by Crippen LogP contribution is -2.36. The summed E-state index contributed by atoms with van der Waals surface area (Å²) < 4.78 is 1.78. The van der Waals surface area contributed by atoms with Gasteiger partial charge in [-0.3, -0.25) is 19.5 Å². The van der Waals surface area contributed by atoms with E-state index in [1.54, 1.807) is 17.2 Å². The minimum atomic E-state index is -0.497. The Balaban J connectivity index is 1.52. The van der Waals surface area contributed by atoms with Crippen molar-refractivity contribution in [2.24, 2.45) is 0 Å². The van der Waals surface area contributed by atoms with Crippen molar-refractivity contribution in [3.63, 3.8) is 0 Å². The quantitative estimate of drug-likeness (QED) is 0.699. The molecule has 1 fully saturated rings. The van der Waals surface area contributed by atoms with E-state index in [-0.39, 0.29) is 5.91 Å². The molecule has 0 unspecified atom stereocenters. The molecule has 1 amide bonds. The van der Waals surface area contributed by atoms with Crippen LogP contribution in [0, 0.1) is 0 Å². The highest BCUT2D eigenvalue weighted by Gasteiger charge is 2.19. The van der Waals surface area contributed by atoms with Gasteiger partial charge >= 0.3 is 5.69 Å². The van der Waals surface area contributed by atoms with Crippen LogP contribution < -0.4 is 11.2 Å². The Bertz CT molecular complexity index is 783. The van der Waals surface area contributed by atoms with Gasteiger partial charge in [0.15, 0.2) is 0 Å². The summed E-state index contributed by atoms with van der Waals surface area (Å²) in [6.07, 6.45) is 4.46. The van der Waals surface area contributed by atoms with E-state index in [2.05, 4.69) is 25.1 Å². The number of hydrogen-bond acceptors (Lipinski definition) is 6. The number of H-pyrrole nitrogens is 2. The lowest BCUT2D eigenvalue weighted by molar-refractivity contribution is -0.131. The summed E-state index contributed by atoms with van der Waals surface area (Å²) in [6, 6.07) is 1.40. The van der Waals surface area contributed by atoms with E-state index < -0.39 is 11.2 Å². The molecule has 134 valence electrons. The highest BCUT2D eigenvalue weighted by molar-refractivity contribution is 5.76.